The summed E-state index contributed by atoms with van der Waals surface area (Å²) in [7, 11) is 0. The van der Waals surface area contributed by atoms with Gasteiger partial charge in [0.2, 0.25) is 5.89 Å². The lowest BCUT2D eigenvalue weighted by molar-refractivity contribution is 0.166. The Morgan fingerprint density at radius 3 is 2.56 bits per heavy atom. The van der Waals surface area contributed by atoms with Gasteiger partial charge in [-0.1, -0.05) is 30.3 Å². The Morgan fingerprint density at radius 2 is 1.94 bits per heavy atom. The first-order valence-electron chi connectivity index (χ1n) is 11.8. The summed E-state index contributed by atoms with van der Waals surface area (Å²) in [6, 6.07) is 11.1. The van der Waals surface area contributed by atoms with Gasteiger partial charge in [0, 0.05) is 19.1 Å². The predicted octanol–water partition coefficient (Wildman–Crippen LogP) is 4.70. The summed E-state index contributed by atoms with van der Waals surface area (Å²) in [5, 5.41) is 6.99. The summed E-state index contributed by atoms with van der Waals surface area (Å²) in [5.74, 6) is 3.35. The van der Waals surface area contributed by atoms with E-state index in [1.807, 2.05) is 13.8 Å². The average molecular weight is 554 g/mol. The summed E-state index contributed by atoms with van der Waals surface area (Å²) in [6.45, 7) is 13.1. The third-order valence-corrected chi connectivity index (χ3v) is 6.08. The lowest BCUT2D eigenvalue weighted by Gasteiger charge is -2.30. The Morgan fingerprint density at radius 1 is 1.22 bits per heavy atom. The third-order valence-electron chi connectivity index (χ3n) is 6.08. The van der Waals surface area contributed by atoms with E-state index in [1.165, 1.54) is 18.4 Å². The lowest BCUT2D eigenvalue weighted by atomic mass is 9.97. The molecule has 1 unspecified atom stereocenters. The van der Waals surface area contributed by atoms with Gasteiger partial charge in [-0.2, -0.15) is 0 Å². The van der Waals surface area contributed by atoms with E-state index in [1.54, 1.807) is 0 Å². The molecule has 0 spiro atoms. The number of hydrogen-bond donors (Lipinski definition) is 2. The molecule has 0 aliphatic carbocycles. The number of nitrogens with one attached hydrogen (secondary N) is 2. The van der Waals surface area contributed by atoms with E-state index in [4.69, 9.17) is 9.41 Å². The number of hydrogen-bond acceptors (Lipinski definition) is 4. The van der Waals surface area contributed by atoms with Crippen molar-refractivity contribution < 1.29 is 4.42 Å². The van der Waals surface area contributed by atoms with Gasteiger partial charge >= 0.3 is 0 Å². The number of aromatic nitrogens is 1. The Hall–Kier alpha value is -1.61. The van der Waals surface area contributed by atoms with E-state index in [0.717, 1.165) is 68.9 Å². The van der Waals surface area contributed by atoms with E-state index in [-0.39, 0.29) is 24.0 Å². The highest BCUT2D eigenvalue weighted by Gasteiger charge is 2.21. The zero-order valence-electron chi connectivity index (χ0n) is 20.1. The predicted molar refractivity (Wildman–Crippen MR) is 143 cm³/mol. The Balaban J connectivity index is 0.00000363. The maximum Gasteiger partial charge on any atom is 0.208 e. The van der Waals surface area contributed by atoms with Crippen LogP contribution in [0.25, 0.3) is 0 Å². The fourth-order valence-corrected chi connectivity index (χ4v) is 4.00. The van der Waals surface area contributed by atoms with E-state index in [0.29, 0.717) is 12.0 Å². The summed E-state index contributed by atoms with van der Waals surface area (Å²) >= 11 is 0. The Bertz CT molecular complexity index is 795. The number of oxazole rings is 1. The van der Waals surface area contributed by atoms with Gasteiger partial charge in [-0.25, -0.2) is 4.98 Å². The van der Waals surface area contributed by atoms with Crippen LogP contribution in [-0.2, 0) is 13.0 Å². The second-order valence-electron chi connectivity index (χ2n) is 8.76. The fraction of sp³-hybridized carbons (Fsp3) is 0.600. The highest BCUT2D eigenvalue weighted by atomic mass is 127. The number of rotatable bonds is 9. The molecule has 1 aromatic carbocycles. The second kappa shape index (κ2) is 13.8. The zero-order chi connectivity index (χ0) is 22.1. The van der Waals surface area contributed by atoms with Crippen LogP contribution in [0.1, 0.15) is 56.0 Å². The fourth-order valence-electron chi connectivity index (χ4n) is 4.00. The summed E-state index contributed by atoms with van der Waals surface area (Å²) in [4.78, 5) is 11.9. The van der Waals surface area contributed by atoms with Crippen LogP contribution in [-0.4, -0.2) is 48.1 Å². The topological polar surface area (TPSA) is 65.7 Å². The quantitative estimate of drug-likeness (QED) is 0.268. The molecule has 0 bridgehead atoms. The molecule has 6 nitrogen and oxygen atoms in total. The van der Waals surface area contributed by atoms with Crippen molar-refractivity contribution in [1.82, 2.24) is 20.5 Å². The number of guanidine groups is 1. The molecule has 3 rings (SSSR count). The van der Waals surface area contributed by atoms with Gasteiger partial charge in [0.05, 0.1) is 12.2 Å². The number of aryl methyl sites for hydroxylation is 3. The van der Waals surface area contributed by atoms with Gasteiger partial charge in [0.25, 0.3) is 0 Å². The normalized spacial score (nSPS) is 16.4. The monoisotopic (exact) mass is 553 g/mol. The van der Waals surface area contributed by atoms with Gasteiger partial charge in [-0.3, -0.25) is 9.89 Å². The molecule has 2 aromatic rings. The minimum Gasteiger partial charge on any atom is -0.444 e. The molecule has 1 aliphatic heterocycles. The average Bonchev–Trinajstić information content (AvgIpc) is 3.09. The molecule has 2 N–H and O–H groups in total. The maximum atomic E-state index is 5.74. The molecule has 2 heterocycles. The number of likely N-dealkylation sites (tertiary alicyclic amines) is 1. The first-order chi connectivity index (χ1) is 15.0. The molecular weight excluding hydrogens is 513 g/mol. The number of nitrogens with zero attached hydrogens (tertiary/aromatic N) is 3. The molecule has 1 fully saturated rings. The molecule has 1 saturated heterocycles. The molecule has 1 atom stereocenters. The molecule has 178 valence electrons. The van der Waals surface area contributed by atoms with Gasteiger partial charge in [-0.05, 0) is 77.9 Å². The minimum atomic E-state index is 0. The first-order valence-corrected chi connectivity index (χ1v) is 11.8. The highest BCUT2D eigenvalue weighted by molar-refractivity contribution is 14.0. The number of piperidine rings is 1. The molecule has 1 aliphatic rings. The van der Waals surface area contributed by atoms with Crippen molar-refractivity contribution in [2.45, 2.75) is 66.0 Å². The number of benzene rings is 1. The van der Waals surface area contributed by atoms with E-state index in [9.17, 15) is 0 Å². The van der Waals surface area contributed by atoms with Crippen molar-refractivity contribution in [2.24, 2.45) is 10.9 Å². The van der Waals surface area contributed by atoms with Crippen LogP contribution >= 0.6 is 24.0 Å². The van der Waals surface area contributed by atoms with Crippen molar-refractivity contribution in [2.75, 3.05) is 26.2 Å². The molecule has 0 amide bonds. The van der Waals surface area contributed by atoms with Crippen molar-refractivity contribution >= 4 is 29.9 Å². The summed E-state index contributed by atoms with van der Waals surface area (Å²) in [6.07, 6.45) is 4.51. The minimum absolute atomic E-state index is 0. The molecule has 1 aromatic heterocycles. The van der Waals surface area contributed by atoms with Gasteiger partial charge < -0.3 is 15.1 Å². The lowest BCUT2D eigenvalue weighted by Crippen LogP contribution is -2.43. The van der Waals surface area contributed by atoms with Crippen LogP contribution in [0.2, 0.25) is 0 Å². The Labute approximate surface area is 210 Å². The maximum absolute atomic E-state index is 5.74. The second-order valence-corrected chi connectivity index (χ2v) is 8.76. The third kappa shape index (κ3) is 8.73. The number of aliphatic imine (C=N–C) groups is 1. The largest absolute Gasteiger partial charge is 0.444 e. The molecular formula is C25H40IN5O. The molecule has 32 heavy (non-hydrogen) atoms. The van der Waals surface area contributed by atoms with Gasteiger partial charge in [0.1, 0.15) is 5.76 Å². The van der Waals surface area contributed by atoms with Crippen LogP contribution in [0.5, 0.6) is 0 Å². The summed E-state index contributed by atoms with van der Waals surface area (Å²) < 4.78 is 5.74. The Kier molecular flexibility index (Phi) is 11.5. The summed E-state index contributed by atoms with van der Waals surface area (Å²) in [5.41, 5.74) is 2.39. The van der Waals surface area contributed by atoms with Crippen LogP contribution in [0.15, 0.2) is 39.7 Å². The van der Waals surface area contributed by atoms with Gasteiger partial charge in [0.15, 0.2) is 5.96 Å². The van der Waals surface area contributed by atoms with Crippen molar-refractivity contribution in [3.63, 3.8) is 0 Å². The van der Waals surface area contributed by atoms with Crippen molar-refractivity contribution in [3.8, 4) is 0 Å². The van der Waals surface area contributed by atoms with E-state index in [2.05, 4.69) is 64.7 Å². The SMILES string of the molecule is CCNC(=NCC1CCN(Cc2nc(C)c(C)o2)CC1)NC(C)CCc1ccccc1.I. The zero-order valence-corrected chi connectivity index (χ0v) is 22.4. The number of halogens is 1. The molecule has 0 radical (unpaired) electrons. The molecule has 7 heteroatoms. The van der Waals surface area contributed by atoms with Crippen LogP contribution in [0.4, 0.5) is 0 Å². The van der Waals surface area contributed by atoms with Crippen molar-refractivity contribution in [1.29, 1.82) is 0 Å². The van der Waals surface area contributed by atoms with Crippen molar-refractivity contribution in [3.05, 3.63) is 53.2 Å². The van der Waals surface area contributed by atoms with E-state index < -0.39 is 0 Å². The van der Waals surface area contributed by atoms with E-state index >= 15 is 0 Å². The first kappa shape index (κ1) is 26.6. The standard InChI is InChI=1S/C25H39N5O.HI/c1-5-26-25(28-19(2)11-12-22-9-7-6-8-10-22)27-17-23-13-15-30(16-14-23)18-24-29-20(3)21(4)31-24;/h6-10,19,23H,5,11-18H2,1-4H3,(H2,26,27,28);1H. The molecule has 0 saturated carbocycles. The van der Waals surface area contributed by atoms with Crippen LogP contribution in [0, 0.1) is 19.8 Å². The smallest absolute Gasteiger partial charge is 0.208 e. The van der Waals surface area contributed by atoms with Gasteiger partial charge in [-0.15, -0.1) is 24.0 Å². The van der Waals surface area contributed by atoms with Crippen LogP contribution in [0.3, 0.4) is 0 Å². The highest BCUT2D eigenvalue weighted by Crippen LogP contribution is 2.20. The van der Waals surface area contributed by atoms with Crippen LogP contribution < -0.4 is 10.6 Å².